The maximum Gasteiger partial charge on any atom is 0.282 e. The highest BCUT2D eigenvalue weighted by Gasteiger charge is 2.33. The van der Waals surface area contributed by atoms with Gasteiger partial charge in [0.15, 0.2) is 0 Å². The number of nitro benzene ring substituents is 1. The number of rotatable bonds is 5. The topological polar surface area (TPSA) is 72.2 Å². The summed E-state index contributed by atoms with van der Waals surface area (Å²) in [6, 6.07) is 5.97. The van der Waals surface area contributed by atoms with Crippen molar-refractivity contribution in [3.63, 3.8) is 0 Å². The fourth-order valence-corrected chi connectivity index (χ4v) is 3.03. The van der Waals surface area contributed by atoms with Gasteiger partial charge in [0.1, 0.15) is 5.56 Å². The molecule has 1 aliphatic rings. The molecule has 2 rings (SSSR count). The molecule has 1 fully saturated rings. The Morgan fingerprint density at radius 2 is 2.00 bits per heavy atom. The lowest BCUT2D eigenvalue weighted by molar-refractivity contribution is -0.385. The first-order chi connectivity index (χ1) is 9.58. The molecule has 1 amide bonds. The number of carbonyl (C=O) groups is 1. The molecule has 0 saturated heterocycles. The van der Waals surface area contributed by atoms with Crippen LogP contribution in [0.4, 0.5) is 5.69 Å². The lowest BCUT2D eigenvalue weighted by Crippen LogP contribution is -2.37. The number of nitrogens with one attached hydrogen (secondary N) is 1. The van der Waals surface area contributed by atoms with E-state index in [1.54, 1.807) is 12.1 Å². The molecule has 1 N–H and O–H groups in total. The summed E-state index contributed by atoms with van der Waals surface area (Å²) in [7, 11) is 0. The van der Waals surface area contributed by atoms with Crippen LogP contribution < -0.4 is 5.32 Å². The smallest absolute Gasteiger partial charge is 0.282 e. The zero-order valence-corrected chi connectivity index (χ0v) is 11.9. The predicted molar refractivity (Wildman–Crippen MR) is 77.1 cm³/mol. The van der Waals surface area contributed by atoms with Gasteiger partial charge >= 0.3 is 0 Å². The van der Waals surface area contributed by atoms with Crippen LogP contribution in [0.25, 0.3) is 0 Å². The summed E-state index contributed by atoms with van der Waals surface area (Å²) in [5, 5.41) is 13.7. The highest BCUT2D eigenvalue weighted by atomic mass is 35.5. The molecule has 0 atom stereocenters. The zero-order chi connectivity index (χ0) is 14.6. The maximum absolute atomic E-state index is 12.1. The molecule has 1 aromatic carbocycles. The fourth-order valence-electron chi connectivity index (χ4n) is 2.67. The molecule has 0 spiro atoms. The van der Waals surface area contributed by atoms with E-state index in [0.29, 0.717) is 12.4 Å². The van der Waals surface area contributed by atoms with E-state index in [2.05, 4.69) is 5.32 Å². The van der Waals surface area contributed by atoms with Crippen molar-refractivity contribution in [2.75, 3.05) is 12.4 Å². The van der Waals surface area contributed by atoms with Gasteiger partial charge in [-0.3, -0.25) is 14.9 Å². The molecule has 1 aromatic rings. The lowest BCUT2D eigenvalue weighted by Gasteiger charge is -2.26. The van der Waals surface area contributed by atoms with Crippen LogP contribution in [0.3, 0.4) is 0 Å². The van der Waals surface area contributed by atoms with Crippen LogP contribution in [0.2, 0.25) is 0 Å². The Balaban J connectivity index is 2.07. The van der Waals surface area contributed by atoms with E-state index in [-0.39, 0.29) is 16.7 Å². The van der Waals surface area contributed by atoms with E-state index < -0.39 is 10.8 Å². The molecular formula is C14H17ClN2O3. The zero-order valence-electron chi connectivity index (χ0n) is 11.1. The summed E-state index contributed by atoms with van der Waals surface area (Å²) in [5.41, 5.74) is -0.127. The standard InChI is InChI=1S/C14H17ClN2O3/c15-9-14(7-3-4-8-14)10-16-13(18)11-5-1-2-6-12(11)17(19)20/h1-2,5-6H,3-4,7-10H2,(H,16,18). The van der Waals surface area contributed by atoms with Crippen molar-refractivity contribution in [2.24, 2.45) is 5.41 Å². The number of carbonyl (C=O) groups excluding carboxylic acids is 1. The van der Waals surface area contributed by atoms with Crippen molar-refractivity contribution in [1.82, 2.24) is 5.32 Å². The molecule has 20 heavy (non-hydrogen) atoms. The summed E-state index contributed by atoms with van der Waals surface area (Å²) in [5.74, 6) is 0.0955. The van der Waals surface area contributed by atoms with Crippen molar-refractivity contribution in [3.05, 3.63) is 39.9 Å². The molecule has 0 unspecified atom stereocenters. The Morgan fingerprint density at radius 3 is 2.60 bits per heavy atom. The number of nitro groups is 1. The highest BCUT2D eigenvalue weighted by molar-refractivity contribution is 6.18. The molecule has 0 radical (unpaired) electrons. The van der Waals surface area contributed by atoms with Crippen molar-refractivity contribution in [2.45, 2.75) is 25.7 Å². The van der Waals surface area contributed by atoms with Gasteiger partial charge in [0, 0.05) is 23.9 Å². The third kappa shape index (κ3) is 3.10. The van der Waals surface area contributed by atoms with Crippen molar-refractivity contribution in [3.8, 4) is 0 Å². The second-order valence-corrected chi connectivity index (χ2v) is 5.56. The number of amides is 1. The van der Waals surface area contributed by atoms with E-state index >= 15 is 0 Å². The van der Waals surface area contributed by atoms with Gasteiger partial charge in [-0.25, -0.2) is 0 Å². The monoisotopic (exact) mass is 296 g/mol. The second kappa shape index (κ2) is 6.22. The number of hydrogen-bond donors (Lipinski definition) is 1. The van der Waals surface area contributed by atoms with E-state index in [1.165, 1.54) is 12.1 Å². The molecule has 0 heterocycles. The van der Waals surface area contributed by atoms with Crippen LogP contribution in [-0.4, -0.2) is 23.3 Å². The number of benzene rings is 1. The third-order valence-electron chi connectivity index (χ3n) is 3.92. The summed E-state index contributed by atoms with van der Waals surface area (Å²) in [6.07, 6.45) is 4.23. The minimum atomic E-state index is -0.540. The van der Waals surface area contributed by atoms with Crippen LogP contribution in [0, 0.1) is 15.5 Å². The van der Waals surface area contributed by atoms with Crippen LogP contribution in [0.1, 0.15) is 36.0 Å². The van der Waals surface area contributed by atoms with Crippen LogP contribution >= 0.6 is 11.6 Å². The van der Waals surface area contributed by atoms with Gasteiger partial charge in [-0.1, -0.05) is 25.0 Å². The van der Waals surface area contributed by atoms with Crippen LogP contribution in [0.15, 0.2) is 24.3 Å². The number of nitrogens with zero attached hydrogens (tertiary/aromatic N) is 1. The molecule has 0 aliphatic heterocycles. The SMILES string of the molecule is O=C(NCC1(CCl)CCCC1)c1ccccc1[N+](=O)[O-]. The molecule has 6 heteroatoms. The molecule has 1 aliphatic carbocycles. The predicted octanol–water partition coefficient (Wildman–Crippen LogP) is 3.12. The largest absolute Gasteiger partial charge is 0.351 e. The maximum atomic E-state index is 12.1. The van der Waals surface area contributed by atoms with Crippen molar-refractivity contribution in [1.29, 1.82) is 0 Å². The van der Waals surface area contributed by atoms with E-state index in [9.17, 15) is 14.9 Å². The van der Waals surface area contributed by atoms with Gasteiger partial charge in [-0.15, -0.1) is 11.6 Å². The highest BCUT2D eigenvalue weighted by Crippen LogP contribution is 2.38. The van der Waals surface area contributed by atoms with Crippen molar-refractivity contribution < 1.29 is 9.72 Å². The van der Waals surface area contributed by atoms with Crippen LogP contribution in [-0.2, 0) is 0 Å². The average molecular weight is 297 g/mol. The van der Waals surface area contributed by atoms with Gasteiger partial charge < -0.3 is 5.32 Å². The fraction of sp³-hybridized carbons (Fsp3) is 0.500. The number of alkyl halides is 1. The summed E-state index contributed by atoms with van der Waals surface area (Å²) in [4.78, 5) is 22.5. The van der Waals surface area contributed by atoms with Crippen LogP contribution in [0.5, 0.6) is 0 Å². The molecule has 0 bridgehead atoms. The number of para-hydroxylation sites is 1. The Hall–Kier alpha value is -1.62. The minimum Gasteiger partial charge on any atom is -0.351 e. The molecular weight excluding hydrogens is 280 g/mol. The first-order valence-electron chi connectivity index (χ1n) is 6.66. The normalized spacial score (nSPS) is 16.9. The Bertz CT molecular complexity index is 513. The molecule has 5 nitrogen and oxygen atoms in total. The van der Waals surface area contributed by atoms with Gasteiger partial charge in [-0.05, 0) is 18.9 Å². The third-order valence-corrected chi connectivity index (χ3v) is 4.48. The first-order valence-corrected chi connectivity index (χ1v) is 7.19. The van der Waals surface area contributed by atoms with E-state index in [0.717, 1.165) is 25.7 Å². The van der Waals surface area contributed by atoms with Gasteiger partial charge in [0.25, 0.3) is 11.6 Å². The molecule has 1 saturated carbocycles. The first kappa shape index (κ1) is 14.8. The average Bonchev–Trinajstić information content (AvgIpc) is 2.94. The lowest BCUT2D eigenvalue weighted by atomic mass is 9.88. The Kier molecular flexibility index (Phi) is 4.60. The summed E-state index contributed by atoms with van der Waals surface area (Å²) < 4.78 is 0. The Morgan fingerprint density at radius 1 is 1.35 bits per heavy atom. The Labute approximate surface area is 122 Å². The summed E-state index contributed by atoms with van der Waals surface area (Å²) in [6.45, 7) is 0.474. The quantitative estimate of drug-likeness (QED) is 0.515. The van der Waals surface area contributed by atoms with E-state index in [1.807, 2.05) is 0 Å². The molecule has 108 valence electrons. The number of halogens is 1. The van der Waals surface area contributed by atoms with Crippen molar-refractivity contribution >= 4 is 23.2 Å². The van der Waals surface area contributed by atoms with Gasteiger partial charge in [0.05, 0.1) is 4.92 Å². The van der Waals surface area contributed by atoms with Gasteiger partial charge in [-0.2, -0.15) is 0 Å². The second-order valence-electron chi connectivity index (χ2n) is 5.30. The minimum absolute atomic E-state index is 0.0548. The summed E-state index contributed by atoms with van der Waals surface area (Å²) >= 11 is 6.02. The number of hydrogen-bond acceptors (Lipinski definition) is 3. The molecule has 0 aromatic heterocycles. The van der Waals surface area contributed by atoms with E-state index in [4.69, 9.17) is 11.6 Å². The van der Waals surface area contributed by atoms with Gasteiger partial charge in [0.2, 0.25) is 0 Å².